The SMILES string of the molecule is COC(=O)/C=C/CN(C)CCOCCOCCOS(=O)(=O)c1ccc(C)cc1. The molecule has 0 aliphatic carbocycles. The zero-order valence-corrected chi connectivity index (χ0v) is 17.4. The summed E-state index contributed by atoms with van der Waals surface area (Å²) in [4.78, 5) is 13.1. The van der Waals surface area contributed by atoms with Crippen molar-refractivity contribution in [3.8, 4) is 0 Å². The number of hydrogen-bond donors (Lipinski definition) is 0. The number of carbonyl (C=O) groups is 1. The molecule has 0 unspecified atom stereocenters. The molecule has 0 aromatic heterocycles. The molecule has 0 N–H and O–H groups in total. The molecule has 1 rings (SSSR count). The van der Waals surface area contributed by atoms with Crippen molar-refractivity contribution in [1.29, 1.82) is 0 Å². The number of ether oxygens (including phenoxy) is 3. The molecular formula is C19H29NO7S. The highest BCUT2D eigenvalue weighted by Crippen LogP contribution is 2.12. The van der Waals surface area contributed by atoms with Gasteiger partial charge >= 0.3 is 5.97 Å². The monoisotopic (exact) mass is 415 g/mol. The molecule has 28 heavy (non-hydrogen) atoms. The van der Waals surface area contributed by atoms with Crippen molar-refractivity contribution in [2.75, 3.05) is 60.3 Å². The fraction of sp³-hybridized carbons (Fsp3) is 0.526. The van der Waals surface area contributed by atoms with Crippen molar-refractivity contribution < 1.29 is 31.6 Å². The molecule has 0 saturated heterocycles. The number of methoxy groups -OCH3 is 1. The van der Waals surface area contributed by atoms with Gasteiger partial charge < -0.3 is 19.1 Å². The van der Waals surface area contributed by atoms with E-state index in [-0.39, 0.29) is 24.1 Å². The Labute approximate surface area is 167 Å². The molecule has 0 bridgehead atoms. The van der Waals surface area contributed by atoms with Crippen molar-refractivity contribution in [1.82, 2.24) is 4.90 Å². The molecule has 158 valence electrons. The van der Waals surface area contributed by atoms with Gasteiger partial charge in [0.1, 0.15) is 0 Å². The van der Waals surface area contributed by atoms with Gasteiger partial charge in [0, 0.05) is 19.2 Å². The summed E-state index contributed by atoms with van der Waals surface area (Å²) in [6, 6.07) is 6.47. The Kier molecular flexibility index (Phi) is 11.6. The molecule has 0 aliphatic heterocycles. The largest absolute Gasteiger partial charge is 0.466 e. The van der Waals surface area contributed by atoms with Crippen LogP contribution < -0.4 is 0 Å². The van der Waals surface area contributed by atoms with Crippen LogP contribution in [0.4, 0.5) is 0 Å². The van der Waals surface area contributed by atoms with Gasteiger partial charge in [-0.3, -0.25) is 4.18 Å². The summed E-state index contributed by atoms with van der Waals surface area (Å²) >= 11 is 0. The molecule has 0 spiro atoms. The lowest BCUT2D eigenvalue weighted by Gasteiger charge is -2.14. The molecule has 1 aromatic carbocycles. The van der Waals surface area contributed by atoms with Crippen molar-refractivity contribution in [2.24, 2.45) is 0 Å². The van der Waals surface area contributed by atoms with Gasteiger partial charge in [-0.2, -0.15) is 8.42 Å². The fourth-order valence-corrected chi connectivity index (χ4v) is 2.90. The number of rotatable bonds is 14. The molecule has 9 heteroatoms. The fourth-order valence-electron chi connectivity index (χ4n) is 2.01. The van der Waals surface area contributed by atoms with E-state index in [0.29, 0.717) is 32.9 Å². The Hall–Kier alpha value is -1.78. The van der Waals surface area contributed by atoms with Crippen LogP contribution in [0.3, 0.4) is 0 Å². The van der Waals surface area contributed by atoms with Gasteiger partial charge in [0.05, 0.1) is 45.0 Å². The minimum Gasteiger partial charge on any atom is -0.466 e. The van der Waals surface area contributed by atoms with Crippen LogP contribution in [0.1, 0.15) is 5.56 Å². The lowest BCUT2D eigenvalue weighted by Crippen LogP contribution is -2.24. The van der Waals surface area contributed by atoms with E-state index < -0.39 is 10.1 Å². The number of benzene rings is 1. The van der Waals surface area contributed by atoms with Crippen molar-refractivity contribution in [3.63, 3.8) is 0 Å². The third-order valence-electron chi connectivity index (χ3n) is 3.64. The van der Waals surface area contributed by atoms with Gasteiger partial charge in [0.2, 0.25) is 0 Å². The quantitative estimate of drug-likeness (QED) is 0.195. The first-order valence-electron chi connectivity index (χ1n) is 8.90. The number of nitrogens with zero attached hydrogens (tertiary/aromatic N) is 1. The highest BCUT2D eigenvalue weighted by molar-refractivity contribution is 7.86. The second-order valence-electron chi connectivity index (χ2n) is 6.00. The maximum absolute atomic E-state index is 12.0. The van der Waals surface area contributed by atoms with Crippen molar-refractivity contribution in [2.45, 2.75) is 11.8 Å². The van der Waals surface area contributed by atoms with Gasteiger partial charge in [-0.25, -0.2) is 4.79 Å². The van der Waals surface area contributed by atoms with Gasteiger partial charge in [-0.05, 0) is 26.1 Å². The maximum atomic E-state index is 12.0. The van der Waals surface area contributed by atoms with E-state index in [1.807, 2.05) is 18.9 Å². The summed E-state index contributed by atoms with van der Waals surface area (Å²) in [5.74, 6) is -0.377. The summed E-state index contributed by atoms with van der Waals surface area (Å²) in [7, 11) is -0.509. The smallest absolute Gasteiger partial charge is 0.330 e. The van der Waals surface area contributed by atoms with Gasteiger partial charge in [-0.1, -0.05) is 23.8 Å². The average Bonchev–Trinajstić information content (AvgIpc) is 2.66. The Balaban J connectivity index is 2.04. The van der Waals surface area contributed by atoms with Crippen LogP contribution in [0.15, 0.2) is 41.3 Å². The lowest BCUT2D eigenvalue weighted by atomic mass is 10.2. The van der Waals surface area contributed by atoms with Crippen LogP contribution in [-0.2, 0) is 33.3 Å². The van der Waals surface area contributed by atoms with Crippen LogP contribution in [0.2, 0.25) is 0 Å². The number of likely N-dealkylation sites (N-methyl/N-ethyl adjacent to an activating group) is 1. The van der Waals surface area contributed by atoms with E-state index in [1.54, 1.807) is 18.2 Å². The minimum atomic E-state index is -3.75. The van der Waals surface area contributed by atoms with Crippen molar-refractivity contribution in [3.05, 3.63) is 42.0 Å². The Bertz CT molecular complexity index is 701. The van der Waals surface area contributed by atoms with E-state index in [0.717, 1.165) is 5.56 Å². The predicted octanol–water partition coefficient (Wildman–Crippen LogP) is 1.39. The van der Waals surface area contributed by atoms with E-state index in [4.69, 9.17) is 13.7 Å². The molecule has 0 atom stereocenters. The zero-order chi connectivity index (χ0) is 20.8. The average molecular weight is 416 g/mol. The molecule has 0 amide bonds. The summed E-state index contributed by atoms with van der Waals surface area (Å²) in [6.45, 7) is 4.57. The Morgan fingerprint density at radius 3 is 2.29 bits per heavy atom. The number of esters is 1. The highest BCUT2D eigenvalue weighted by Gasteiger charge is 2.14. The van der Waals surface area contributed by atoms with E-state index in [2.05, 4.69) is 4.74 Å². The molecule has 0 saturated carbocycles. The van der Waals surface area contributed by atoms with Crippen LogP contribution in [0, 0.1) is 6.92 Å². The van der Waals surface area contributed by atoms with Gasteiger partial charge in [0.15, 0.2) is 0 Å². The first-order valence-corrected chi connectivity index (χ1v) is 10.3. The second kappa shape index (κ2) is 13.4. The Morgan fingerprint density at radius 1 is 1.04 bits per heavy atom. The summed E-state index contributed by atoms with van der Waals surface area (Å²) in [6.07, 6.45) is 3.10. The second-order valence-corrected chi connectivity index (χ2v) is 7.62. The first kappa shape index (κ1) is 24.3. The molecule has 0 aliphatic rings. The molecule has 8 nitrogen and oxygen atoms in total. The van der Waals surface area contributed by atoms with Crippen LogP contribution in [0.5, 0.6) is 0 Å². The molecular weight excluding hydrogens is 386 g/mol. The third-order valence-corrected chi connectivity index (χ3v) is 4.96. The number of carbonyl (C=O) groups excluding carboxylic acids is 1. The summed E-state index contributed by atoms with van der Waals surface area (Å²) in [5, 5.41) is 0. The Morgan fingerprint density at radius 2 is 1.64 bits per heavy atom. The van der Waals surface area contributed by atoms with E-state index in [1.165, 1.54) is 25.3 Å². The first-order chi connectivity index (χ1) is 13.3. The van der Waals surface area contributed by atoms with Crippen molar-refractivity contribution >= 4 is 16.1 Å². The zero-order valence-electron chi connectivity index (χ0n) is 16.6. The minimum absolute atomic E-state index is 0.0501. The normalized spacial score (nSPS) is 12.0. The van der Waals surface area contributed by atoms with Crippen LogP contribution in [-0.4, -0.2) is 79.6 Å². The van der Waals surface area contributed by atoms with Gasteiger partial charge in [0.25, 0.3) is 10.1 Å². The van der Waals surface area contributed by atoms with Crippen LogP contribution >= 0.6 is 0 Å². The molecule has 0 fully saturated rings. The summed E-state index contributed by atoms with van der Waals surface area (Å²) in [5.41, 5.74) is 0.978. The lowest BCUT2D eigenvalue weighted by molar-refractivity contribution is -0.134. The molecule has 0 heterocycles. The molecule has 0 radical (unpaired) electrons. The summed E-state index contributed by atoms with van der Waals surface area (Å²) < 4.78 is 44.1. The maximum Gasteiger partial charge on any atom is 0.330 e. The van der Waals surface area contributed by atoms with E-state index >= 15 is 0 Å². The van der Waals surface area contributed by atoms with E-state index in [9.17, 15) is 13.2 Å². The number of aryl methyl sites for hydroxylation is 1. The highest BCUT2D eigenvalue weighted by atomic mass is 32.2. The predicted molar refractivity (Wildman–Crippen MR) is 105 cm³/mol. The molecule has 1 aromatic rings. The number of hydrogen-bond acceptors (Lipinski definition) is 8. The van der Waals surface area contributed by atoms with Crippen LogP contribution in [0.25, 0.3) is 0 Å². The third kappa shape index (κ3) is 10.5. The standard InChI is InChI=1S/C19H29NO7S/c1-17-6-8-18(9-7-17)28(22,23)27-16-15-26-14-13-25-12-11-20(2)10-4-5-19(21)24-3/h4-9H,10-16H2,1-3H3/b5-4+. The topological polar surface area (TPSA) is 91.4 Å². The van der Waals surface area contributed by atoms with Gasteiger partial charge in [-0.15, -0.1) is 0 Å².